The van der Waals surface area contributed by atoms with Gasteiger partial charge >= 0.3 is 5.97 Å². The molecule has 0 amide bonds. The normalized spacial score (nSPS) is 13.1. The molecule has 0 aliphatic heterocycles. The van der Waals surface area contributed by atoms with E-state index in [2.05, 4.69) is 20.8 Å². The molecule has 1 unspecified atom stereocenters. The number of rotatable bonds is 6. The second kappa shape index (κ2) is 7.29. The Kier molecular flexibility index (Phi) is 6.03. The van der Waals surface area contributed by atoms with Gasteiger partial charge in [-0.25, -0.2) is 4.79 Å². The Balaban J connectivity index is 2.65. The summed E-state index contributed by atoms with van der Waals surface area (Å²) in [7, 11) is 0. The Bertz CT molecular complexity index is 379. The third-order valence-corrected chi connectivity index (χ3v) is 2.86. The summed E-state index contributed by atoms with van der Waals surface area (Å²) in [6.45, 7) is 8.22. The smallest absolute Gasteiger partial charge is 0.298 e. The highest BCUT2D eigenvalue weighted by molar-refractivity contribution is 5.68. The molecule has 0 N–H and O–H groups in total. The van der Waals surface area contributed by atoms with Crippen molar-refractivity contribution in [1.29, 1.82) is 0 Å². The van der Waals surface area contributed by atoms with Crippen LogP contribution in [0, 0.1) is 5.41 Å². The van der Waals surface area contributed by atoms with Crippen LogP contribution in [-0.2, 0) is 14.6 Å². The van der Waals surface area contributed by atoms with E-state index in [1.54, 1.807) is 0 Å². The highest BCUT2D eigenvalue weighted by Crippen LogP contribution is 2.36. The quantitative estimate of drug-likeness (QED) is 0.563. The van der Waals surface area contributed by atoms with Gasteiger partial charge in [-0.05, 0) is 17.4 Å². The molecule has 0 spiro atoms. The molecule has 1 aromatic carbocycles. The zero-order chi connectivity index (χ0) is 14.3. The molecular weight excluding hydrogens is 240 g/mol. The van der Waals surface area contributed by atoms with Crippen molar-refractivity contribution in [2.45, 2.75) is 53.1 Å². The maximum absolute atomic E-state index is 11.5. The predicted molar refractivity (Wildman–Crippen MR) is 75.3 cm³/mol. The third-order valence-electron chi connectivity index (χ3n) is 2.86. The first kappa shape index (κ1) is 15.7. The topological polar surface area (TPSA) is 35.5 Å². The van der Waals surface area contributed by atoms with Crippen LogP contribution in [0.2, 0.25) is 0 Å². The molecule has 3 nitrogen and oxygen atoms in total. The minimum absolute atomic E-state index is 0.146. The van der Waals surface area contributed by atoms with Gasteiger partial charge in [0.1, 0.15) is 6.10 Å². The molecule has 0 fully saturated rings. The van der Waals surface area contributed by atoms with Gasteiger partial charge in [0, 0.05) is 6.42 Å². The lowest BCUT2D eigenvalue weighted by molar-refractivity contribution is -0.317. The van der Waals surface area contributed by atoms with E-state index in [1.165, 1.54) is 0 Å². The average Bonchev–Trinajstić information content (AvgIpc) is 2.36. The molecule has 1 aromatic rings. The van der Waals surface area contributed by atoms with Gasteiger partial charge in [-0.3, -0.25) is 4.89 Å². The van der Waals surface area contributed by atoms with E-state index in [-0.39, 0.29) is 17.5 Å². The fourth-order valence-electron chi connectivity index (χ4n) is 1.79. The Morgan fingerprint density at radius 1 is 1.21 bits per heavy atom. The number of hydrogen-bond acceptors (Lipinski definition) is 3. The SMILES string of the molecule is CCCCC(=O)OOC(c1ccccc1)C(C)(C)C. The number of carbonyl (C=O) groups excluding carboxylic acids is 1. The van der Waals surface area contributed by atoms with E-state index < -0.39 is 0 Å². The monoisotopic (exact) mass is 264 g/mol. The van der Waals surface area contributed by atoms with Crippen LogP contribution in [0.5, 0.6) is 0 Å². The standard InChI is InChI=1S/C16H24O3/c1-5-6-12-14(17)18-19-15(16(2,3)4)13-10-8-7-9-11-13/h7-11,15H,5-6,12H2,1-4H3. The molecular formula is C16H24O3. The fraction of sp³-hybridized carbons (Fsp3) is 0.562. The summed E-state index contributed by atoms with van der Waals surface area (Å²) in [6, 6.07) is 9.83. The van der Waals surface area contributed by atoms with Crippen LogP contribution in [0.25, 0.3) is 0 Å². The third kappa shape index (κ3) is 5.43. The second-order valence-electron chi connectivity index (χ2n) is 5.81. The van der Waals surface area contributed by atoms with Crippen molar-refractivity contribution in [3.63, 3.8) is 0 Å². The molecule has 1 rings (SSSR count). The molecule has 3 heteroatoms. The molecule has 0 saturated heterocycles. The molecule has 19 heavy (non-hydrogen) atoms. The van der Waals surface area contributed by atoms with Gasteiger partial charge in [-0.15, -0.1) is 0 Å². The van der Waals surface area contributed by atoms with Crippen LogP contribution in [0.4, 0.5) is 0 Å². The highest BCUT2D eigenvalue weighted by Gasteiger charge is 2.29. The molecule has 0 heterocycles. The molecule has 0 aromatic heterocycles. The minimum atomic E-state index is -0.299. The summed E-state index contributed by atoms with van der Waals surface area (Å²) in [5.41, 5.74) is 0.866. The van der Waals surface area contributed by atoms with Gasteiger partial charge in [-0.1, -0.05) is 64.4 Å². The maximum atomic E-state index is 11.5. The van der Waals surface area contributed by atoms with Crippen molar-refractivity contribution in [2.75, 3.05) is 0 Å². The molecule has 0 aliphatic rings. The summed E-state index contributed by atoms with van der Waals surface area (Å²) in [4.78, 5) is 21.9. The van der Waals surface area contributed by atoms with Crippen LogP contribution < -0.4 is 0 Å². The minimum Gasteiger partial charge on any atom is -0.298 e. The molecule has 1 atom stereocenters. The van der Waals surface area contributed by atoms with E-state index in [4.69, 9.17) is 9.78 Å². The van der Waals surface area contributed by atoms with Crippen LogP contribution in [0.3, 0.4) is 0 Å². The Morgan fingerprint density at radius 2 is 1.84 bits per heavy atom. The lowest BCUT2D eigenvalue weighted by atomic mass is 9.85. The summed E-state index contributed by atoms with van der Waals surface area (Å²) < 4.78 is 0. The maximum Gasteiger partial charge on any atom is 0.342 e. The van der Waals surface area contributed by atoms with Crippen molar-refractivity contribution >= 4 is 5.97 Å². The van der Waals surface area contributed by atoms with E-state index in [1.807, 2.05) is 37.3 Å². The molecule has 0 bridgehead atoms. The molecule has 0 radical (unpaired) electrons. The van der Waals surface area contributed by atoms with Crippen molar-refractivity contribution in [3.8, 4) is 0 Å². The van der Waals surface area contributed by atoms with E-state index in [9.17, 15) is 4.79 Å². The van der Waals surface area contributed by atoms with Crippen molar-refractivity contribution < 1.29 is 14.6 Å². The summed E-state index contributed by atoms with van der Waals surface area (Å²) in [5.74, 6) is -0.299. The summed E-state index contributed by atoms with van der Waals surface area (Å²) in [5, 5.41) is 0. The number of hydrogen-bond donors (Lipinski definition) is 0. The first-order chi connectivity index (χ1) is 8.95. The molecule has 106 valence electrons. The highest BCUT2D eigenvalue weighted by atomic mass is 17.2. The van der Waals surface area contributed by atoms with Crippen LogP contribution in [-0.4, -0.2) is 5.97 Å². The lowest BCUT2D eigenvalue weighted by Crippen LogP contribution is -2.23. The first-order valence-corrected chi connectivity index (χ1v) is 6.86. The van der Waals surface area contributed by atoms with Gasteiger partial charge < -0.3 is 0 Å². The zero-order valence-corrected chi connectivity index (χ0v) is 12.3. The van der Waals surface area contributed by atoms with Crippen LogP contribution in [0.1, 0.15) is 58.6 Å². The Labute approximate surface area is 115 Å². The van der Waals surface area contributed by atoms with E-state index >= 15 is 0 Å². The Morgan fingerprint density at radius 3 is 2.37 bits per heavy atom. The first-order valence-electron chi connectivity index (χ1n) is 6.86. The fourth-order valence-corrected chi connectivity index (χ4v) is 1.79. The van der Waals surface area contributed by atoms with E-state index in [0.717, 1.165) is 18.4 Å². The number of benzene rings is 1. The van der Waals surface area contributed by atoms with Crippen LogP contribution >= 0.6 is 0 Å². The second-order valence-corrected chi connectivity index (χ2v) is 5.81. The Hall–Kier alpha value is -1.35. The van der Waals surface area contributed by atoms with Gasteiger partial charge in [0.05, 0.1) is 0 Å². The van der Waals surface area contributed by atoms with E-state index in [0.29, 0.717) is 6.42 Å². The van der Waals surface area contributed by atoms with Gasteiger partial charge in [0.15, 0.2) is 0 Å². The molecule has 0 aliphatic carbocycles. The van der Waals surface area contributed by atoms with Gasteiger partial charge in [0.25, 0.3) is 0 Å². The largest absolute Gasteiger partial charge is 0.342 e. The average molecular weight is 264 g/mol. The van der Waals surface area contributed by atoms with Crippen molar-refractivity contribution in [1.82, 2.24) is 0 Å². The zero-order valence-electron chi connectivity index (χ0n) is 12.3. The lowest BCUT2D eigenvalue weighted by Gasteiger charge is -2.29. The van der Waals surface area contributed by atoms with Gasteiger partial charge in [0.2, 0.25) is 0 Å². The van der Waals surface area contributed by atoms with Crippen molar-refractivity contribution in [3.05, 3.63) is 35.9 Å². The van der Waals surface area contributed by atoms with Crippen LogP contribution in [0.15, 0.2) is 30.3 Å². The summed E-state index contributed by atoms with van der Waals surface area (Å²) in [6.07, 6.45) is 1.94. The van der Waals surface area contributed by atoms with Gasteiger partial charge in [-0.2, -0.15) is 4.89 Å². The summed E-state index contributed by atoms with van der Waals surface area (Å²) >= 11 is 0. The predicted octanol–water partition coefficient (Wildman–Crippen LogP) is 4.44. The number of carbonyl (C=O) groups is 1. The van der Waals surface area contributed by atoms with Crippen molar-refractivity contribution in [2.24, 2.45) is 5.41 Å². The molecule has 0 saturated carbocycles. The number of unbranched alkanes of at least 4 members (excludes halogenated alkanes) is 1.